The van der Waals surface area contributed by atoms with E-state index in [1.807, 2.05) is 0 Å². The topological polar surface area (TPSA) is 148 Å². The van der Waals surface area contributed by atoms with Gasteiger partial charge in [-0.25, -0.2) is 0 Å². The number of carbonyl (C=O) groups is 2. The predicted molar refractivity (Wildman–Crippen MR) is 73.1 cm³/mol. The van der Waals surface area contributed by atoms with Crippen molar-refractivity contribution in [1.82, 2.24) is 4.98 Å². The van der Waals surface area contributed by atoms with Gasteiger partial charge >= 0.3 is 10.4 Å². The van der Waals surface area contributed by atoms with Crippen molar-refractivity contribution in [3.8, 4) is 0 Å². The molecule has 0 aromatic carbocycles. The fraction of sp³-hybridized carbons (Fsp3) is 0.417. The Hall–Kier alpha value is -1.84. The van der Waals surface area contributed by atoms with Crippen molar-refractivity contribution in [2.24, 2.45) is 5.73 Å². The molecule has 9 heteroatoms. The summed E-state index contributed by atoms with van der Waals surface area (Å²) >= 11 is 0. The maximum atomic E-state index is 11.7. The molecular weight excluding hydrogens is 300 g/mol. The number of aromatic nitrogens is 1. The second-order valence-electron chi connectivity index (χ2n) is 4.43. The molecule has 1 aliphatic carbocycles. The Balaban J connectivity index is 0.000000505. The van der Waals surface area contributed by atoms with Crippen molar-refractivity contribution < 1.29 is 31.2 Å². The molecule has 1 amide bonds. The number of amides is 1. The summed E-state index contributed by atoms with van der Waals surface area (Å²) < 4.78 is 52.7. The Bertz CT molecular complexity index is 718. The Labute approximate surface area is 126 Å². The van der Waals surface area contributed by atoms with Crippen molar-refractivity contribution >= 4 is 22.1 Å². The molecule has 0 atom stereocenters. The minimum atomic E-state index is -4.67. The first-order chi connectivity index (χ1) is 10.7. The summed E-state index contributed by atoms with van der Waals surface area (Å²) in [6.07, 6.45) is 2.12. The second kappa shape index (κ2) is 6.29. The number of nitrogens with two attached hydrogens (primary N) is 1. The van der Waals surface area contributed by atoms with Crippen LogP contribution in [-0.2, 0) is 20.6 Å². The lowest BCUT2D eigenvalue weighted by atomic mass is 10.00. The number of hydrogen-bond acceptors (Lipinski definition) is 5. The first-order valence-electron chi connectivity index (χ1n) is 7.24. The van der Waals surface area contributed by atoms with Crippen LogP contribution in [0.2, 0.25) is 0 Å². The molecule has 8 nitrogen and oxygen atoms in total. The lowest BCUT2D eigenvalue weighted by Gasteiger charge is -2.10. The van der Waals surface area contributed by atoms with E-state index in [0.29, 0.717) is 18.5 Å². The Morgan fingerprint density at radius 2 is 2.00 bits per heavy atom. The van der Waals surface area contributed by atoms with Crippen LogP contribution >= 0.6 is 0 Å². The molecule has 0 spiro atoms. The van der Waals surface area contributed by atoms with E-state index in [1.165, 1.54) is 12.3 Å². The van der Waals surface area contributed by atoms with Gasteiger partial charge < -0.3 is 5.73 Å². The van der Waals surface area contributed by atoms with E-state index in [4.69, 9.17) is 27.4 Å². The van der Waals surface area contributed by atoms with Gasteiger partial charge in [-0.15, -0.1) is 0 Å². The van der Waals surface area contributed by atoms with Crippen LogP contribution in [0.25, 0.3) is 0 Å². The highest BCUT2D eigenvalue weighted by Crippen LogP contribution is 2.46. The Morgan fingerprint density at radius 3 is 2.33 bits per heavy atom. The van der Waals surface area contributed by atoms with Crippen molar-refractivity contribution in [2.75, 3.05) is 0 Å². The fourth-order valence-corrected chi connectivity index (χ4v) is 1.70. The van der Waals surface area contributed by atoms with Crippen LogP contribution in [0.3, 0.4) is 0 Å². The van der Waals surface area contributed by atoms with Gasteiger partial charge in [0.05, 0.1) is 11.1 Å². The standard InChI is InChI=1S/C12H14N2O2.H2O4S/c1-2-9(15)8-3-4-10(14-7-8)12(5-6-12)11(13)16;1-5(2,3)4/h3-4,7H,2,5-6H2,1H3,(H2,13,16);(H2,1,2,3,4)/i1D3;. The first kappa shape index (κ1) is 12.9. The molecule has 1 heterocycles. The number of carbonyl (C=O) groups excluding carboxylic acids is 2. The van der Waals surface area contributed by atoms with Gasteiger partial charge in [-0.1, -0.05) is 6.85 Å². The van der Waals surface area contributed by atoms with Crippen molar-refractivity contribution in [2.45, 2.75) is 31.5 Å². The van der Waals surface area contributed by atoms with E-state index >= 15 is 0 Å². The van der Waals surface area contributed by atoms with Crippen LogP contribution in [0.4, 0.5) is 0 Å². The molecule has 1 aliphatic rings. The van der Waals surface area contributed by atoms with Gasteiger partial charge in [0.2, 0.25) is 5.91 Å². The Kier molecular flexibility index (Phi) is 3.85. The van der Waals surface area contributed by atoms with Crippen LogP contribution in [-0.4, -0.2) is 34.2 Å². The van der Waals surface area contributed by atoms with E-state index < -0.39 is 40.8 Å². The third kappa shape index (κ3) is 4.88. The third-order valence-corrected chi connectivity index (χ3v) is 2.96. The molecular formula is C12H16N2O6S. The summed E-state index contributed by atoms with van der Waals surface area (Å²) in [6, 6.07) is 3.07. The highest BCUT2D eigenvalue weighted by atomic mass is 32.3. The zero-order valence-electron chi connectivity index (χ0n) is 13.8. The maximum Gasteiger partial charge on any atom is 0.394 e. The molecule has 1 aromatic heterocycles. The maximum absolute atomic E-state index is 11.7. The van der Waals surface area contributed by atoms with Crippen molar-refractivity contribution in [3.05, 3.63) is 29.6 Å². The lowest BCUT2D eigenvalue weighted by Crippen LogP contribution is -2.29. The van der Waals surface area contributed by atoms with E-state index in [-0.39, 0.29) is 5.56 Å². The van der Waals surface area contributed by atoms with Gasteiger partial charge in [0.1, 0.15) is 0 Å². The average Bonchev–Trinajstić information content (AvgIpc) is 3.16. The molecule has 0 radical (unpaired) electrons. The molecule has 21 heavy (non-hydrogen) atoms. The van der Waals surface area contributed by atoms with Gasteiger partial charge in [-0.3, -0.25) is 23.7 Å². The summed E-state index contributed by atoms with van der Waals surface area (Å²) in [7, 11) is -4.67. The van der Waals surface area contributed by atoms with Crippen LogP contribution in [0.5, 0.6) is 0 Å². The van der Waals surface area contributed by atoms with E-state index in [2.05, 4.69) is 4.98 Å². The number of nitrogens with zero attached hydrogens (tertiary/aromatic N) is 1. The largest absolute Gasteiger partial charge is 0.394 e. The summed E-state index contributed by atoms with van der Waals surface area (Å²) in [5, 5.41) is 0. The molecule has 1 aromatic rings. The number of rotatable bonds is 4. The molecule has 2 rings (SSSR count). The normalized spacial score (nSPS) is 18.3. The van der Waals surface area contributed by atoms with Crippen molar-refractivity contribution in [3.63, 3.8) is 0 Å². The Morgan fingerprint density at radius 1 is 1.43 bits per heavy atom. The molecule has 0 aliphatic heterocycles. The number of pyridine rings is 1. The second-order valence-corrected chi connectivity index (χ2v) is 5.32. The average molecular weight is 319 g/mol. The zero-order chi connectivity index (χ0) is 18.8. The van der Waals surface area contributed by atoms with Gasteiger partial charge in [-0.2, -0.15) is 8.42 Å². The zero-order valence-corrected chi connectivity index (χ0v) is 11.6. The number of hydrogen-bond donors (Lipinski definition) is 3. The van der Waals surface area contributed by atoms with E-state index in [0.717, 1.165) is 0 Å². The number of Topliss-reactive ketones (excluding diaryl/α,β-unsaturated/α-hetero) is 1. The summed E-state index contributed by atoms with van der Waals surface area (Å²) in [6.45, 7) is -2.29. The highest BCUT2D eigenvalue weighted by Gasteiger charge is 2.51. The molecule has 1 saturated carbocycles. The molecule has 0 unspecified atom stereocenters. The van der Waals surface area contributed by atoms with Gasteiger partial charge in [0, 0.05) is 22.3 Å². The van der Waals surface area contributed by atoms with Crippen LogP contribution in [0.1, 0.15) is 46.3 Å². The minimum absolute atomic E-state index is 0.236. The van der Waals surface area contributed by atoms with Gasteiger partial charge in [0.15, 0.2) is 5.78 Å². The first-order valence-corrected chi connectivity index (χ1v) is 7.14. The summed E-state index contributed by atoms with van der Waals surface area (Å²) in [5.41, 5.74) is 5.42. The summed E-state index contributed by atoms with van der Waals surface area (Å²) in [4.78, 5) is 27.1. The van der Waals surface area contributed by atoms with Crippen LogP contribution in [0, 0.1) is 0 Å². The predicted octanol–water partition coefficient (Wildman–Crippen LogP) is 0.538. The SMILES string of the molecule is O=S(=O)(O)O.[2H]C([2H])([2H])CC(=O)c1ccc(C2(C(N)=O)CC2)nc1. The quantitative estimate of drug-likeness (QED) is 0.541. The van der Waals surface area contributed by atoms with Crippen LogP contribution in [0.15, 0.2) is 18.3 Å². The fourth-order valence-electron chi connectivity index (χ4n) is 1.70. The van der Waals surface area contributed by atoms with Gasteiger partial charge in [0.25, 0.3) is 0 Å². The molecule has 0 bridgehead atoms. The number of ketones is 1. The monoisotopic (exact) mass is 319 g/mol. The van der Waals surface area contributed by atoms with Gasteiger partial charge in [-0.05, 0) is 25.0 Å². The summed E-state index contributed by atoms with van der Waals surface area (Å²) in [5.74, 6) is -0.899. The highest BCUT2D eigenvalue weighted by molar-refractivity contribution is 7.79. The minimum Gasteiger partial charge on any atom is -0.369 e. The lowest BCUT2D eigenvalue weighted by molar-refractivity contribution is -0.120. The van der Waals surface area contributed by atoms with Crippen LogP contribution < -0.4 is 5.73 Å². The molecule has 116 valence electrons. The van der Waals surface area contributed by atoms with Crippen molar-refractivity contribution in [1.29, 1.82) is 0 Å². The van der Waals surface area contributed by atoms with E-state index in [1.54, 1.807) is 6.07 Å². The number of primary amides is 1. The molecule has 1 fully saturated rings. The molecule has 4 N–H and O–H groups in total. The molecule has 0 saturated heterocycles. The smallest absolute Gasteiger partial charge is 0.369 e. The third-order valence-electron chi connectivity index (χ3n) is 2.96. The van der Waals surface area contributed by atoms with E-state index in [9.17, 15) is 9.59 Å².